The molecule has 0 aromatic heterocycles. The van der Waals surface area contributed by atoms with Crippen LogP contribution in [0.25, 0.3) is 0 Å². The Morgan fingerprint density at radius 2 is 0.679 bits per heavy atom. The molecular weight excluding hydrogens is 1500 g/mol. The fourth-order valence-electron chi connectivity index (χ4n) is 13.5. The maximum atomic E-state index is 13.4. The van der Waals surface area contributed by atoms with E-state index in [1.807, 2.05) is 182 Å². The van der Waals surface area contributed by atoms with E-state index in [2.05, 4.69) is 0 Å². The Hall–Kier alpha value is -8.89. The summed E-state index contributed by atoms with van der Waals surface area (Å²) in [4.78, 5) is 13.4. The normalized spacial score (nSPS) is 21.6. The first-order valence-electron chi connectivity index (χ1n) is 36.0. The highest BCUT2D eigenvalue weighted by Gasteiger charge is 2.66. The average Bonchev–Trinajstić information content (AvgIpc) is 0.723. The third-order valence-electron chi connectivity index (χ3n) is 19.2. The topological polar surface area (TPSA) is 189 Å². The summed E-state index contributed by atoms with van der Waals surface area (Å²) in [5.74, 6) is -3.56. The van der Waals surface area contributed by atoms with Gasteiger partial charge in [-0.1, -0.05) is 242 Å². The molecule has 10 aromatic rings. The summed E-state index contributed by atoms with van der Waals surface area (Å²) in [6.45, 7) is -4.34. The Balaban J connectivity index is 0.000000221. The van der Waals surface area contributed by atoms with E-state index in [1.54, 1.807) is 60.7 Å². The van der Waals surface area contributed by atoms with Crippen LogP contribution < -0.4 is 9.47 Å². The van der Waals surface area contributed by atoms with Gasteiger partial charge < -0.3 is 72.2 Å². The van der Waals surface area contributed by atoms with Gasteiger partial charge in [0.05, 0.1) is 59.5 Å². The molecule has 2 fully saturated rings. The molecule has 3 N–H and O–H groups in total. The molecule has 0 spiro atoms. The van der Waals surface area contributed by atoms with Crippen LogP contribution in [0.5, 0.6) is 11.5 Å². The van der Waals surface area contributed by atoms with Crippen molar-refractivity contribution in [2.45, 2.75) is 124 Å². The summed E-state index contributed by atoms with van der Waals surface area (Å²) in [7, 11) is 2.87. The minimum Gasteiger partial charge on any atom is -0.484 e. The third kappa shape index (κ3) is 21.5. The van der Waals surface area contributed by atoms with Crippen molar-refractivity contribution in [1.82, 2.24) is 0 Å². The molecule has 9 atom stereocenters. The van der Waals surface area contributed by atoms with E-state index in [9.17, 15) is 46.5 Å². The zero-order valence-electron chi connectivity index (χ0n) is 61.3. The molecule has 2 aliphatic rings. The van der Waals surface area contributed by atoms with Crippen LogP contribution in [0.15, 0.2) is 267 Å². The zero-order chi connectivity index (χ0) is 79.2. The van der Waals surface area contributed by atoms with Crippen molar-refractivity contribution in [3.63, 3.8) is 0 Å². The van der Waals surface area contributed by atoms with Crippen molar-refractivity contribution >= 4 is 29.5 Å². The van der Waals surface area contributed by atoms with Crippen molar-refractivity contribution in [3.8, 4) is 11.5 Å². The number of aliphatic hydroxyl groups is 3. The number of hydrogen-bond donors (Lipinski definition) is 3. The first-order valence-corrected chi connectivity index (χ1v) is 36.8. The van der Waals surface area contributed by atoms with Crippen molar-refractivity contribution in [3.05, 3.63) is 344 Å². The summed E-state index contributed by atoms with van der Waals surface area (Å²) in [5.41, 5.74) is 4.88. The maximum Gasteiger partial charge on any atom is 0.422 e. The van der Waals surface area contributed by atoms with Crippen molar-refractivity contribution in [2.75, 3.05) is 47.3 Å². The molecule has 0 aliphatic carbocycles. The molecule has 0 bridgehead atoms. The molecule has 2 saturated heterocycles. The molecule has 112 heavy (non-hydrogen) atoms. The Bertz CT molecular complexity index is 4510. The van der Waals surface area contributed by atoms with Gasteiger partial charge in [-0.3, -0.25) is 4.79 Å². The first-order chi connectivity index (χ1) is 54.2. The van der Waals surface area contributed by atoms with E-state index in [-0.39, 0.29) is 64.0 Å². The molecule has 0 radical (unpaired) electrons. The molecule has 10 aromatic carbocycles. The molecule has 0 saturated carbocycles. The number of benzene rings is 10. The number of hydrogen-bond acceptors (Lipinski definition) is 16. The lowest BCUT2D eigenvalue weighted by atomic mass is 9.80. The van der Waals surface area contributed by atoms with Gasteiger partial charge in [-0.05, 0) is 117 Å². The number of aldehydes is 1. The molecule has 2 aliphatic heterocycles. The fourth-order valence-corrected chi connectivity index (χ4v) is 13.9. The highest BCUT2D eigenvalue weighted by atomic mass is 35.5. The van der Waals surface area contributed by atoms with Crippen LogP contribution in [-0.4, -0.2) is 129 Å². The second kappa shape index (κ2) is 39.2. The van der Waals surface area contributed by atoms with Gasteiger partial charge in [0, 0.05) is 35.4 Å². The number of halogens is 8. The molecule has 0 amide bonds. The number of ether oxygens (including phenoxy) is 12. The van der Waals surface area contributed by atoms with E-state index in [0.29, 0.717) is 38.6 Å². The molecular formula is C88H86Cl2F6O16. The van der Waals surface area contributed by atoms with Crippen LogP contribution >= 0.6 is 23.2 Å². The highest BCUT2D eigenvalue weighted by molar-refractivity contribution is 6.31. The predicted octanol–water partition coefficient (Wildman–Crippen LogP) is 16.6. The molecule has 590 valence electrons. The SMILES string of the molecule is CO[C@@]1(c2ccc(Cl)c(Cc3ccc(OCC(F)(F)F)cc3)c2)OC(CO)(CO)[C@@H](OCc2ccccc2)[C@H](OCc2ccccc2)[C@H]1OCc1ccccc1.CO[C@@]1(c2ccc(Cl)c(Cc3ccc(OCC(F)(F)F)cc3)c2)O[C@@](C=O)(CO)[C@@H](OCc2ccccc2)[C@H](OCc2ccccc2)[C@H]1OCc1ccccc1. The Labute approximate surface area is 656 Å². The average molecular weight is 1580 g/mol. The monoisotopic (exact) mass is 1580 g/mol. The summed E-state index contributed by atoms with van der Waals surface area (Å²) in [5, 5.41) is 34.2. The maximum absolute atomic E-state index is 13.4. The first kappa shape index (κ1) is 84.0. The van der Waals surface area contributed by atoms with Gasteiger partial charge in [0.15, 0.2) is 25.1 Å². The van der Waals surface area contributed by atoms with Crippen LogP contribution in [0.4, 0.5) is 26.3 Å². The Morgan fingerprint density at radius 3 is 0.982 bits per heavy atom. The fraction of sp³-hybridized carbons (Fsp3) is 0.307. The predicted molar refractivity (Wildman–Crippen MR) is 407 cm³/mol. The molecule has 2 heterocycles. The number of alkyl halides is 6. The summed E-state index contributed by atoms with van der Waals surface area (Å²) >= 11 is 13.5. The van der Waals surface area contributed by atoms with Gasteiger partial charge in [0.25, 0.3) is 0 Å². The van der Waals surface area contributed by atoms with E-state index >= 15 is 0 Å². The third-order valence-corrected chi connectivity index (χ3v) is 20.0. The lowest BCUT2D eigenvalue weighted by Crippen LogP contribution is -2.72. The van der Waals surface area contributed by atoms with Gasteiger partial charge in [-0.15, -0.1) is 0 Å². The molecule has 16 nitrogen and oxygen atoms in total. The molecule has 12 rings (SSSR count). The van der Waals surface area contributed by atoms with E-state index in [4.69, 9.17) is 80.0 Å². The van der Waals surface area contributed by atoms with Gasteiger partial charge in [-0.2, -0.15) is 26.3 Å². The summed E-state index contributed by atoms with van der Waals surface area (Å²) in [6.07, 6.45) is -14.4. The summed E-state index contributed by atoms with van der Waals surface area (Å²) in [6, 6.07) is 79.7. The smallest absolute Gasteiger partial charge is 0.422 e. The van der Waals surface area contributed by atoms with Gasteiger partial charge in [-0.25, -0.2) is 0 Å². The molecule has 24 heteroatoms. The second-order valence-electron chi connectivity index (χ2n) is 27.0. The largest absolute Gasteiger partial charge is 0.484 e. The van der Waals surface area contributed by atoms with Crippen molar-refractivity contribution < 1.29 is 103 Å². The zero-order valence-corrected chi connectivity index (χ0v) is 62.8. The van der Waals surface area contributed by atoms with Crippen LogP contribution in [0.1, 0.15) is 66.8 Å². The van der Waals surface area contributed by atoms with Gasteiger partial charge in [0.2, 0.25) is 11.6 Å². The van der Waals surface area contributed by atoms with E-state index in [0.717, 1.165) is 44.5 Å². The standard InChI is InChI=1S/C44H44ClF3O8.C44H42ClF3O8/c2*1-51-44(36-19-22-38(45)35(24-36)23-31-17-20-37(21-18-31)55-30-43(46,47)48)41(54-27-34-15-9-4-10-16-34)39(52-25-32-11-5-2-6-12-32)40(42(28-49,29-50)56-44)53-26-33-13-7-3-8-14-33/h2-22,24,39-41,49-50H,23,25-30H2,1H3;2-22,24,28,39-41,50H,23,25-27,29-30H2,1H3/t39-,40-,41+,44-;39-,40-,41+,42-,44-/m00/s1. The number of methoxy groups -OCH3 is 2. The minimum absolute atomic E-state index is 0.0617. The van der Waals surface area contributed by atoms with Crippen molar-refractivity contribution in [2.24, 2.45) is 0 Å². The van der Waals surface area contributed by atoms with E-state index in [1.165, 1.54) is 38.5 Å². The lowest BCUT2D eigenvalue weighted by Gasteiger charge is -2.56. The van der Waals surface area contributed by atoms with Gasteiger partial charge >= 0.3 is 12.4 Å². The second-order valence-corrected chi connectivity index (χ2v) is 27.8. The summed E-state index contributed by atoms with van der Waals surface area (Å²) < 4.78 is 153. The quantitative estimate of drug-likeness (QED) is 0.0255. The minimum atomic E-state index is -4.47. The Morgan fingerprint density at radius 1 is 0.375 bits per heavy atom. The molecule has 0 unspecified atom stereocenters. The number of carbonyl (C=O) groups excluding carboxylic acids is 1. The number of carbonyl (C=O) groups is 1. The van der Waals surface area contributed by atoms with Crippen LogP contribution in [-0.2, 0) is 116 Å². The van der Waals surface area contributed by atoms with Crippen LogP contribution in [0, 0.1) is 0 Å². The van der Waals surface area contributed by atoms with Crippen LogP contribution in [0.3, 0.4) is 0 Å². The lowest BCUT2D eigenvalue weighted by molar-refractivity contribution is -0.417. The number of rotatable bonds is 34. The van der Waals surface area contributed by atoms with Gasteiger partial charge in [0.1, 0.15) is 53.7 Å². The van der Waals surface area contributed by atoms with Crippen molar-refractivity contribution in [1.29, 1.82) is 0 Å². The highest BCUT2D eigenvalue weighted by Crippen LogP contribution is 2.50. The van der Waals surface area contributed by atoms with Crippen LogP contribution in [0.2, 0.25) is 10.0 Å². The number of aliphatic hydroxyl groups excluding tert-OH is 3. The Kier molecular flexibility index (Phi) is 29.4. The van der Waals surface area contributed by atoms with E-state index < -0.39 is 105 Å².